The lowest BCUT2D eigenvalue weighted by Gasteiger charge is -2.56. The summed E-state index contributed by atoms with van der Waals surface area (Å²) in [5.74, 6) is 1.13. The van der Waals surface area contributed by atoms with Gasteiger partial charge in [-0.05, 0) is 80.5 Å². The van der Waals surface area contributed by atoms with Crippen LogP contribution in [0.15, 0.2) is 36.4 Å². The highest BCUT2D eigenvalue weighted by atomic mass is 16.3. The Kier molecular flexibility index (Phi) is 3.75. The molecule has 3 heteroatoms. The highest BCUT2D eigenvalue weighted by Crippen LogP contribution is 2.55. The second kappa shape index (κ2) is 6.02. The van der Waals surface area contributed by atoms with E-state index in [4.69, 9.17) is 0 Å². The van der Waals surface area contributed by atoms with Crippen LogP contribution in [-0.4, -0.2) is 17.7 Å². The van der Waals surface area contributed by atoms with Crippen LogP contribution in [0.2, 0.25) is 0 Å². The van der Waals surface area contributed by atoms with Gasteiger partial charge in [-0.1, -0.05) is 30.5 Å². The van der Waals surface area contributed by atoms with Crippen molar-refractivity contribution in [3.8, 4) is 5.75 Å². The SMILES string of the molecule is Cc1ccc(Nc2cc3c(cc2O)[C@@]24CCCC[C@H]2[C@@H](C3)NCC4)cc1. The number of nitrogens with one attached hydrogen (secondary N) is 2. The lowest BCUT2D eigenvalue weighted by Crippen LogP contribution is -2.59. The molecule has 3 aliphatic rings. The summed E-state index contributed by atoms with van der Waals surface area (Å²) in [7, 11) is 0. The third-order valence-electron chi connectivity index (χ3n) is 7.09. The van der Waals surface area contributed by atoms with Gasteiger partial charge < -0.3 is 15.7 Å². The van der Waals surface area contributed by atoms with Crippen molar-refractivity contribution in [2.45, 2.75) is 56.9 Å². The van der Waals surface area contributed by atoms with E-state index in [-0.39, 0.29) is 0 Å². The van der Waals surface area contributed by atoms with Crippen LogP contribution in [-0.2, 0) is 11.8 Å². The Hall–Kier alpha value is -2.00. The molecule has 3 atom stereocenters. The molecule has 0 radical (unpaired) electrons. The number of piperidine rings is 1. The molecule has 136 valence electrons. The van der Waals surface area contributed by atoms with E-state index in [2.05, 4.69) is 54.0 Å². The van der Waals surface area contributed by atoms with Crippen LogP contribution < -0.4 is 10.6 Å². The van der Waals surface area contributed by atoms with Gasteiger partial charge in [0.2, 0.25) is 0 Å². The van der Waals surface area contributed by atoms with E-state index in [0.717, 1.165) is 30.3 Å². The largest absolute Gasteiger partial charge is 0.506 e. The minimum atomic E-state index is 0.293. The van der Waals surface area contributed by atoms with Gasteiger partial charge in [0.1, 0.15) is 5.75 Å². The van der Waals surface area contributed by atoms with Crippen molar-refractivity contribution in [1.29, 1.82) is 0 Å². The minimum absolute atomic E-state index is 0.293. The Morgan fingerprint density at radius 3 is 2.81 bits per heavy atom. The zero-order chi connectivity index (χ0) is 17.7. The topological polar surface area (TPSA) is 44.3 Å². The number of hydrogen-bond donors (Lipinski definition) is 3. The molecule has 2 fully saturated rings. The maximum atomic E-state index is 10.8. The Bertz CT molecular complexity index is 825. The first-order chi connectivity index (χ1) is 12.7. The fraction of sp³-hybridized carbons (Fsp3) is 0.478. The molecular formula is C23H28N2O. The molecule has 0 amide bonds. The van der Waals surface area contributed by atoms with Crippen LogP contribution in [0.3, 0.4) is 0 Å². The van der Waals surface area contributed by atoms with Crippen molar-refractivity contribution in [2.75, 3.05) is 11.9 Å². The number of phenolic OH excluding ortho intramolecular Hbond substituents is 1. The van der Waals surface area contributed by atoms with E-state index in [0.29, 0.717) is 17.2 Å². The monoisotopic (exact) mass is 348 g/mol. The normalized spacial score (nSPS) is 29.6. The molecule has 3 nitrogen and oxygen atoms in total. The molecule has 1 heterocycles. The van der Waals surface area contributed by atoms with Gasteiger partial charge in [0, 0.05) is 17.1 Å². The summed E-state index contributed by atoms with van der Waals surface area (Å²) in [6.07, 6.45) is 7.61. The molecular weight excluding hydrogens is 320 g/mol. The number of hydrogen-bond acceptors (Lipinski definition) is 3. The lowest BCUT2D eigenvalue weighted by atomic mass is 9.53. The standard InChI is InChI=1S/C23H28N2O/c1-15-5-7-17(8-6-15)25-21-13-16-12-20-18-4-2-3-9-23(18,10-11-24-20)19(16)14-22(21)26/h5-8,13-14,18,20,24-26H,2-4,9-12H2,1H3/t18-,20+,23+/m0/s1. The number of benzene rings is 2. The van der Waals surface area contributed by atoms with E-state index >= 15 is 0 Å². The number of rotatable bonds is 2. The van der Waals surface area contributed by atoms with Crippen LogP contribution in [0.1, 0.15) is 48.8 Å². The molecule has 2 aliphatic carbocycles. The summed E-state index contributed by atoms with van der Waals surface area (Å²) < 4.78 is 0. The summed E-state index contributed by atoms with van der Waals surface area (Å²) in [5.41, 5.74) is 6.25. The van der Waals surface area contributed by atoms with Crippen LogP contribution in [0.25, 0.3) is 0 Å². The average Bonchev–Trinajstić information content (AvgIpc) is 2.65. The molecule has 0 spiro atoms. The van der Waals surface area contributed by atoms with Crippen molar-refractivity contribution in [1.82, 2.24) is 5.32 Å². The quantitative estimate of drug-likeness (QED) is 0.684. The molecule has 2 aromatic carbocycles. The zero-order valence-electron chi connectivity index (χ0n) is 15.5. The number of fused-ring (bicyclic) bond motifs is 1. The van der Waals surface area contributed by atoms with Crippen molar-refractivity contribution in [3.63, 3.8) is 0 Å². The predicted molar refractivity (Wildman–Crippen MR) is 106 cm³/mol. The van der Waals surface area contributed by atoms with Crippen molar-refractivity contribution >= 4 is 11.4 Å². The molecule has 1 saturated heterocycles. The molecule has 3 N–H and O–H groups in total. The summed E-state index contributed by atoms with van der Waals surface area (Å²) >= 11 is 0. The van der Waals surface area contributed by atoms with Gasteiger partial charge in [0.05, 0.1) is 5.69 Å². The lowest BCUT2D eigenvalue weighted by molar-refractivity contribution is 0.0796. The van der Waals surface area contributed by atoms with Crippen LogP contribution in [0, 0.1) is 12.8 Å². The second-order valence-corrected chi connectivity index (χ2v) is 8.54. The van der Waals surface area contributed by atoms with E-state index in [1.807, 2.05) is 0 Å². The molecule has 2 bridgehead atoms. The number of anilines is 2. The molecule has 1 aliphatic heterocycles. The maximum Gasteiger partial charge on any atom is 0.139 e. The number of aryl methyl sites for hydroxylation is 1. The van der Waals surface area contributed by atoms with Gasteiger partial charge in [0.15, 0.2) is 0 Å². The minimum Gasteiger partial charge on any atom is -0.506 e. The average molecular weight is 348 g/mol. The molecule has 2 aromatic rings. The fourth-order valence-electron chi connectivity index (χ4n) is 5.86. The van der Waals surface area contributed by atoms with E-state index in [9.17, 15) is 5.11 Å². The number of aromatic hydroxyl groups is 1. The molecule has 0 aromatic heterocycles. The van der Waals surface area contributed by atoms with Gasteiger partial charge in [-0.15, -0.1) is 0 Å². The van der Waals surface area contributed by atoms with Crippen LogP contribution >= 0.6 is 0 Å². The van der Waals surface area contributed by atoms with Gasteiger partial charge >= 0.3 is 0 Å². The van der Waals surface area contributed by atoms with Gasteiger partial charge in [-0.2, -0.15) is 0 Å². The smallest absolute Gasteiger partial charge is 0.139 e. The summed E-state index contributed by atoms with van der Waals surface area (Å²) in [4.78, 5) is 0. The summed E-state index contributed by atoms with van der Waals surface area (Å²) in [6.45, 7) is 3.20. The fourth-order valence-corrected chi connectivity index (χ4v) is 5.86. The molecule has 5 rings (SSSR count). The number of phenols is 1. The highest BCUT2D eigenvalue weighted by Gasteiger charge is 2.51. The van der Waals surface area contributed by atoms with E-state index < -0.39 is 0 Å². The molecule has 1 saturated carbocycles. The Morgan fingerprint density at radius 2 is 1.96 bits per heavy atom. The Balaban J connectivity index is 1.55. The van der Waals surface area contributed by atoms with E-state index in [1.54, 1.807) is 0 Å². The maximum absolute atomic E-state index is 10.8. The molecule has 0 unspecified atom stereocenters. The van der Waals surface area contributed by atoms with Gasteiger partial charge in [-0.25, -0.2) is 0 Å². The first-order valence-corrected chi connectivity index (χ1v) is 10.1. The third kappa shape index (κ3) is 2.44. The Morgan fingerprint density at radius 1 is 1.12 bits per heavy atom. The van der Waals surface area contributed by atoms with Gasteiger partial charge in [0.25, 0.3) is 0 Å². The van der Waals surface area contributed by atoms with Crippen LogP contribution in [0.5, 0.6) is 5.75 Å². The first-order valence-electron chi connectivity index (χ1n) is 10.1. The van der Waals surface area contributed by atoms with Crippen molar-refractivity contribution < 1.29 is 5.11 Å². The third-order valence-corrected chi connectivity index (χ3v) is 7.09. The summed E-state index contributed by atoms with van der Waals surface area (Å²) in [5, 5.41) is 18.0. The van der Waals surface area contributed by atoms with Crippen molar-refractivity contribution in [2.24, 2.45) is 5.92 Å². The first kappa shape index (κ1) is 16.2. The van der Waals surface area contributed by atoms with Gasteiger partial charge in [-0.3, -0.25) is 0 Å². The Labute approximate surface area is 155 Å². The highest BCUT2D eigenvalue weighted by molar-refractivity contribution is 5.69. The summed E-state index contributed by atoms with van der Waals surface area (Å²) in [6, 6.07) is 13.2. The van der Waals surface area contributed by atoms with E-state index in [1.165, 1.54) is 48.8 Å². The van der Waals surface area contributed by atoms with Crippen LogP contribution in [0.4, 0.5) is 11.4 Å². The van der Waals surface area contributed by atoms with Crippen molar-refractivity contribution in [3.05, 3.63) is 53.1 Å². The predicted octanol–water partition coefficient (Wildman–Crippen LogP) is 4.79. The second-order valence-electron chi connectivity index (χ2n) is 8.54. The zero-order valence-corrected chi connectivity index (χ0v) is 15.5. The molecule has 26 heavy (non-hydrogen) atoms.